The zero-order valence-corrected chi connectivity index (χ0v) is 24.6. The quantitative estimate of drug-likeness (QED) is 0.285. The van der Waals surface area contributed by atoms with E-state index in [0.29, 0.717) is 27.0 Å². The summed E-state index contributed by atoms with van der Waals surface area (Å²) in [4.78, 5) is 55.4. The minimum atomic E-state index is -0.800. The first-order valence-electron chi connectivity index (χ1n) is 12.5. The number of carbonyl (C=O) groups is 3. The molecule has 0 spiro atoms. The third-order valence-electron chi connectivity index (χ3n) is 7.04. The van der Waals surface area contributed by atoms with Crippen molar-refractivity contribution in [3.63, 3.8) is 0 Å². The Morgan fingerprint density at radius 3 is 2.32 bits per heavy atom. The molecule has 3 amide bonds. The molecule has 41 heavy (non-hydrogen) atoms. The van der Waals surface area contributed by atoms with E-state index in [4.69, 9.17) is 4.74 Å². The number of nitrogens with one attached hydrogen (secondary N) is 1. The lowest BCUT2D eigenvalue weighted by atomic mass is 9.83. The molecule has 0 aliphatic carbocycles. The zero-order chi connectivity index (χ0) is 28.8. The lowest BCUT2D eigenvalue weighted by Gasteiger charge is -2.30. The van der Waals surface area contributed by atoms with Gasteiger partial charge in [-0.05, 0) is 66.2 Å². The van der Waals surface area contributed by atoms with Crippen molar-refractivity contribution in [2.24, 2.45) is 5.92 Å². The van der Waals surface area contributed by atoms with Crippen LogP contribution in [0.2, 0.25) is 0 Å². The Labute approximate surface area is 250 Å². The highest BCUT2D eigenvalue weighted by Gasteiger charge is 2.56. The number of amides is 3. The normalized spacial score (nSPS) is 19.6. The van der Waals surface area contributed by atoms with Crippen LogP contribution in [-0.4, -0.2) is 34.6 Å². The van der Waals surface area contributed by atoms with Crippen LogP contribution in [0, 0.1) is 11.7 Å². The lowest BCUT2D eigenvalue weighted by Crippen LogP contribution is -2.33. The van der Waals surface area contributed by atoms with E-state index in [2.05, 4.69) is 21.2 Å². The molecule has 208 valence electrons. The fourth-order valence-corrected chi connectivity index (χ4v) is 8.19. The molecule has 3 aromatic carbocycles. The summed E-state index contributed by atoms with van der Waals surface area (Å²) in [5.74, 6) is -2.36. The second-order valence-corrected chi connectivity index (χ2v) is 12.5. The van der Waals surface area contributed by atoms with Crippen molar-refractivity contribution in [2.45, 2.75) is 22.7 Å². The molecule has 8 nitrogen and oxygen atoms in total. The number of hydrogen-bond acceptors (Lipinski definition) is 7. The van der Waals surface area contributed by atoms with Crippen LogP contribution in [0.3, 0.4) is 0 Å². The number of ether oxygens (including phenoxy) is 1. The molecule has 6 rings (SSSR count). The number of aromatic nitrogens is 1. The van der Waals surface area contributed by atoms with E-state index < -0.39 is 28.8 Å². The second kappa shape index (κ2) is 10.9. The Morgan fingerprint density at radius 1 is 0.976 bits per heavy atom. The van der Waals surface area contributed by atoms with Crippen molar-refractivity contribution in [2.75, 3.05) is 17.3 Å². The van der Waals surface area contributed by atoms with Crippen LogP contribution in [-0.2, 0) is 20.9 Å². The minimum absolute atomic E-state index is 0.302. The van der Waals surface area contributed by atoms with Gasteiger partial charge in [-0.25, -0.2) is 9.29 Å². The fourth-order valence-electron chi connectivity index (χ4n) is 5.15. The largest absolute Gasteiger partial charge is 0.497 e. The molecule has 2 aliphatic rings. The maximum Gasteiger partial charge on any atom is 0.308 e. The molecule has 1 fully saturated rings. The number of anilines is 2. The van der Waals surface area contributed by atoms with Gasteiger partial charge in [0.05, 0.1) is 23.7 Å². The lowest BCUT2D eigenvalue weighted by molar-refractivity contribution is -0.122. The summed E-state index contributed by atoms with van der Waals surface area (Å²) in [5.41, 5.74) is 1.61. The van der Waals surface area contributed by atoms with Crippen LogP contribution in [0.25, 0.3) is 0 Å². The maximum absolute atomic E-state index is 13.9. The number of carbonyl (C=O) groups excluding carboxylic acids is 3. The predicted octanol–water partition coefficient (Wildman–Crippen LogP) is 5.25. The summed E-state index contributed by atoms with van der Waals surface area (Å²) < 4.78 is 20.7. The average Bonchev–Trinajstić information content (AvgIpc) is 3.41. The Bertz CT molecular complexity index is 1720. The summed E-state index contributed by atoms with van der Waals surface area (Å²) >= 11 is 5.56. The smallest absolute Gasteiger partial charge is 0.308 e. The van der Waals surface area contributed by atoms with E-state index in [1.54, 1.807) is 24.3 Å². The summed E-state index contributed by atoms with van der Waals surface area (Å²) in [6.45, 7) is -0.302. The van der Waals surface area contributed by atoms with Crippen LogP contribution >= 0.6 is 39.0 Å². The Balaban J connectivity index is 1.39. The van der Waals surface area contributed by atoms with Crippen molar-refractivity contribution < 1.29 is 23.5 Å². The number of benzene rings is 3. The van der Waals surface area contributed by atoms with Gasteiger partial charge in [0, 0.05) is 21.0 Å². The summed E-state index contributed by atoms with van der Waals surface area (Å²) in [6, 6.07) is 19.5. The maximum atomic E-state index is 13.9. The molecule has 0 saturated carbocycles. The molecular weight excluding hydrogens is 633 g/mol. The predicted molar refractivity (Wildman–Crippen MR) is 158 cm³/mol. The summed E-state index contributed by atoms with van der Waals surface area (Å²) in [5, 5.41) is 2.36. The molecular formula is C29H21BrFN3O5S2. The number of thioether (sulfide) groups is 1. The number of imide groups is 1. The highest BCUT2D eigenvalue weighted by Crippen LogP contribution is 2.54. The van der Waals surface area contributed by atoms with Crippen molar-refractivity contribution in [1.82, 2.24) is 4.57 Å². The molecule has 1 saturated heterocycles. The van der Waals surface area contributed by atoms with E-state index in [1.165, 1.54) is 40.8 Å². The van der Waals surface area contributed by atoms with Gasteiger partial charge in [0.15, 0.2) is 0 Å². The van der Waals surface area contributed by atoms with E-state index in [1.807, 2.05) is 24.3 Å². The van der Waals surface area contributed by atoms with Crippen molar-refractivity contribution in [3.05, 3.63) is 103 Å². The molecule has 12 heteroatoms. The van der Waals surface area contributed by atoms with Gasteiger partial charge >= 0.3 is 4.87 Å². The number of methoxy groups -OCH3 is 1. The van der Waals surface area contributed by atoms with Gasteiger partial charge < -0.3 is 10.1 Å². The van der Waals surface area contributed by atoms with Gasteiger partial charge in [-0.1, -0.05) is 51.2 Å². The van der Waals surface area contributed by atoms with Crippen molar-refractivity contribution >= 4 is 68.1 Å². The summed E-state index contributed by atoms with van der Waals surface area (Å²) in [6.07, 6.45) is 0. The first-order valence-corrected chi connectivity index (χ1v) is 15.0. The van der Waals surface area contributed by atoms with Gasteiger partial charge in [0.2, 0.25) is 17.7 Å². The molecule has 1 N–H and O–H groups in total. The number of hydrogen-bond donors (Lipinski definition) is 1. The van der Waals surface area contributed by atoms with Gasteiger partial charge in [-0.15, -0.1) is 0 Å². The van der Waals surface area contributed by atoms with Crippen LogP contribution in [0.1, 0.15) is 16.4 Å². The first kappa shape index (κ1) is 27.4. The standard InChI is InChI=1S/C29H21BrFN3O5S2/c1-39-20-12-10-19(11-13-20)34-26(36)23-22(15-2-4-16(30)5-3-15)25-28(40-24(23)27(34)37)33(29(38)41-25)14-21(35)32-18-8-6-17(31)7-9-18/h2-13,22-24H,14H2,1H3,(H,32,35). The van der Waals surface area contributed by atoms with Crippen LogP contribution in [0.5, 0.6) is 5.75 Å². The average molecular weight is 655 g/mol. The van der Waals surface area contributed by atoms with Crippen molar-refractivity contribution in [1.29, 1.82) is 0 Å². The van der Waals surface area contributed by atoms with Crippen LogP contribution < -0.4 is 19.8 Å². The number of fused-ring (bicyclic) bond motifs is 2. The molecule has 1 aromatic heterocycles. The van der Waals surface area contributed by atoms with Crippen LogP contribution in [0.4, 0.5) is 15.8 Å². The molecule has 0 radical (unpaired) electrons. The molecule has 0 bridgehead atoms. The van der Waals surface area contributed by atoms with Gasteiger partial charge in [0.25, 0.3) is 0 Å². The van der Waals surface area contributed by atoms with E-state index in [9.17, 15) is 23.6 Å². The third kappa shape index (κ3) is 5.00. The summed E-state index contributed by atoms with van der Waals surface area (Å²) in [7, 11) is 1.53. The zero-order valence-electron chi connectivity index (χ0n) is 21.4. The topological polar surface area (TPSA) is 97.7 Å². The first-order chi connectivity index (χ1) is 19.7. The fraction of sp³-hybridized carbons (Fsp3) is 0.172. The SMILES string of the molecule is COc1ccc(N2C(=O)C3Sc4c(sc(=O)n4CC(=O)Nc4ccc(F)cc4)C(c4ccc(Br)cc4)C3C2=O)cc1. The number of nitrogens with zero attached hydrogens (tertiary/aromatic N) is 2. The number of rotatable bonds is 6. The van der Waals surface area contributed by atoms with Gasteiger partial charge in [-0.3, -0.25) is 23.7 Å². The molecule has 2 aliphatic heterocycles. The Hall–Kier alpha value is -3.74. The van der Waals surface area contributed by atoms with Crippen molar-refractivity contribution in [3.8, 4) is 5.75 Å². The third-order valence-corrected chi connectivity index (χ3v) is 10.2. The molecule has 3 atom stereocenters. The monoisotopic (exact) mass is 653 g/mol. The second-order valence-electron chi connectivity index (χ2n) is 9.48. The van der Waals surface area contributed by atoms with E-state index in [-0.39, 0.29) is 23.2 Å². The van der Waals surface area contributed by atoms with Gasteiger partial charge in [-0.2, -0.15) is 0 Å². The number of halogens is 2. The number of thiazole rings is 1. The Kier molecular flexibility index (Phi) is 7.30. The molecule has 3 heterocycles. The van der Waals surface area contributed by atoms with E-state index >= 15 is 0 Å². The van der Waals surface area contributed by atoms with E-state index in [0.717, 1.165) is 33.1 Å². The Morgan fingerprint density at radius 2 is 1.66 bits per heavy atom. The molecule has 4 aromatic rings. The highest BCUT2D eigenvalue weighted by atomic mass is 79.9. The minimum Gasteiger partial charge on any atom is -0.497 e. The van der Waals surface area contributed by atoms with Gasteiger partial charge in [0.1, 0.15) is 23.4 Å². The van der Waals surface area contributed by atoms with Crippen LogP contribution in [0.15, 0.2) is 87.1 Å². The molecule has 3 unspecified atom stereocenters. The highest BCUT2D eigenvalue weighted by molar-refractivity contribution is 9.10.